The normalized spacial score (nSPS) is 33.8. The molecule has 14 heteroatoms. The highest BCUT2D eigenvalue weighted by molar-refractivity contribution is 8.14. The smallest absolute Gasteiger partial charge is 0.306 e. The van der Waals surface area contributed by atoms with Crippen LogP contribution in [0.5, 0.6) is 0 Å². The number of amidine groups is 1. The lowest BCUT2D eigenvalue weighted by Crippen LogP contribution is -2.48. The second-order valence-electron chi connectivity index (χ2n) is 15.0. The molecule has 266 valence electrons. The number of allylic oxidation sites excluding steroid dienone is 1. The fourth-order valence-electron chi connectivity index (χ4n) is 7.46. The molecule has 0 aromatic heterocycles. The van der Waals surface area contributed by atoms with Crippen LogP contribution in [0, 0.1) is 29.0 Å². The summed E-state index contributed by atoms with van der Waals surface area (Å²) in [5.41, 5.74) is 0.540. The van der Waals surface area contributed by atoms with Crippen molar-refractivity contribution >= 4 is 32.9 Å². The maximum absolute atomic E-state index is 14.3. The van der Waals surface area contributed by atoms with Crippen molar-refractivity contribution in [1.82, 2.24) is 9.62 Å². The number of ether oxygens (including phenoxy) is 4. The minimum atomic E-state index is -4.00. The van der Waals surface area contributed by atoms with E-state index >= 15 is 0 Å². The summed E-state index contributed by atoms with van der Waals surface area (Å²) in [6, 6.07) is 6.25. The fourth-order valence-corrected chi connectivity index (χ4v) is 10.4. The summed E-state index contributed by atoms with van der Waals surface area (Å²) in [5.74, 6) is -1.84. The topological polar surface area (TPSA) is 136 Å². The maximum atomic E-state index is 14.3. The van der Waals surface area contributed by atoms with Gasteiger partial charge in [0.25, 0.3) is 0 Å². The van der Waals surface area contributed by atoms with Gasteiger partial charge in [-0.2, -0.15) is 4.31 Å². The summed E-state index contributed by atoms with van der Waals surface area (Å²) in [5, 5.41) is 16.0. The molecule has 0 spiro atoms. The zero-order chi connectivity index (χ0) is 33.9. The van der Waals surface area contributed by atoms with E-state index in [9.17, 15) is 22.7 Å². The Morgan fingerprint density at radius 3 is 2.69 bits per heavy atom. The number of halogens is 1. The van der Waals surface area contributed by atoms with Gasteiger partial charge >= 0.3 is 5.97 Å². The molecule has 8 aliphatic rings. The summed E-state index contributed by atoms with van der Waals surface area (Å²) in [7, 11) is -4.00. The van der Waals surface area contributed by atoms with Gasteiger partial charge in [-0.05, 0) is 67.4 Å². The monoisotopic (exact) mass is 717 g/mol. The van der Waals surface area contributed by atoms with Crippen molar-refractivity contribution in [3.05, 3.63) is 58.8 Å². The standard InChI is InChI=1S/C35H44FN3O8S2/c1-35(10-11-35)19-39(49(42,43)25-8-9-27-29(14-25)48-34(38-27)37-24-6-7-24)15-28(40)21(12-20-2-4-23(36)5-3-20)13-30(41)47-31-22-16-44-32-26(31)18-46-33(32)45-17-22/h2-5,8-9,14,21-22,24,26-29,31-33,40H,6-7,10-13,15-19H2,1H3,(H,37,38)/t21-,22?,26?,27?,28-,29?,31?,32?,33?/m1/s1. The zero-order valence-electron chi connectivity index (χ0n) is 27.5. The Labute approximate surface area is 290 Å². The molecule has 11 nitrogen and oxygen atoms in total. The second kappa shape index (κ2) is 13.3. The van der Waals surface area contributed by atoms with Gasteiger partial charge in [0.15, 0.2) is 11.5 Å². The molecular formula is C35H44FN3O8S2. The second-order valence-corrected chi connectivity index (χ2v) is 18.1. The van der Waals surface area contributed by atoms with Crippen LogP contribution in [0.4, 0.5) is 4.39 Å². The highest BCUT2D eigenvalue weighted by Gasteiger charge is 2.54. The Kier molecular flexibility index (Phi) is 9.20. The number of carbonyl (C=O) groups excluding carboxylic acids is 1. The minimum Gasteiger partial charge on any atom is -0.461 e. The van der Waals surface area contributed by atoms with E-state index in [2.05, 4.69) is 12.2 Å². The third-order valence-corrected chi connectivity index (χ3v) is 13.9. The van der Waals surface area contributed by atoms with Crippen molar-refractivity contribution < 1.29 is 41.7 Å². The molecule has 2 N–H and O–H groups in total. The molecule has 49 heavy (non-hydrogen) atoms. The van der Waals surface area contributed by atoms with Crippen LogP contribution < -0.4 is 5.32 Å². The van der Waals surface area contributed by atoms with Crippen molar-refractivity contribution in [3.63, 3.8) is 0 Å². The number of aliphatic hydroxyl groups excluding tert-OH is 1. The Morgan fingerprint density at radius 2 is 1.94 bits per heavy atom. The molecule has 1 aromatic carbocycles. The van der Waals surface area contributed by atoms with Crippen LogP contribution in [0.2, 0.25) is 0 Å². The van der Waals surface area contributed by atoms with Gasteiger partial charge in [-0.25, -0.2) is 12.8 Å². The van der Waals surface area contributed by atoms with Crippen molar-refractivity contribution in [2.24, 2.45) is 28.2 Å². The molecule has 2 saturated carbocycles. The van der Waals surface area contributed by atoms with E-state index in [1.54, 1.807) is 36.0 Å². The summed E-state index contributed by atoms with van der Waals surface area (Å²) in [6.07, 6.45) is 6.97. The number of benzene rings is 1. The lowest BCUT2D eigenvalue weighted by Gasteiger charge is -2.36. The van der Waals surface area contributed by atoms with Gasteiger partial charge in [-0.3, -0.25) is 9.79 Å². The molecule has 0 radical (unpaired) electrons. The quantitative estimate of drug-likeness (QED) is 0.293. The first-order valence-electron chi connectivity index (χ1n) is 17.4. The molecule has 9 atom stereocenters. The number of carbonyl (C=O) groups is 1. The van der Waals surface area contributed by atoms with Crippen LogP contribution in [0.25, 0.3) is 0 Å². The molecule has 9 rings (SSSR count). The minimum absolute atomic E-state index is 0.125. The molecule has 4 saturated heterocycles. The van der Waals surface area contributed by atoms with Crippen LogP contribution in [0.3, 0.4) is 0 Å². The van der Waals surface area contributed by atoms with Gasteiger partial charge in [0.05, 0.1) is 54.5 Å². The van der Waals surface area contributed by atoms with E-state index in [4.69, 9.17) is 23.9 Å². The van der Waals surface area contributed by atoms with E-state index in [0.29, 0.717) is 25.9 Å². The third kappa shape index (κ3) is 7.38. The van der Waals surface area contributed by atoms with Crippen LogP contribution >= 0.6 is 11.8 Å². The van der Waals surface area contributed by atoms with Gasteiger partial charge in [0.2, 0.25) is 10.0 Å². The Morgan fingerprint density at radius 1 is 1.18 bits per heavy atom. The predicted octanol–water partition coefficient (Wildman–Crippen LogP) is 3.14. The number of aliphatic imine (C=N–C) groups is 1. The Balaban J connectivity index is 0.999. The number of aliphatic hydroxyl groups is 1. The Bertz CT molecular complexity index is 1630. The summed E-state index contributed by atoms with van der Waals surface area (Å²) >= 11 is 1.55. The zero-order valence-corrected chi connectivity index (χ0v) is 29.1. The van der Waals surface area contributed by atoms with Gasteiger partial charge in [0, 0.05) is 31.0 Å². The number of rotatable bonds is 13. The molecule has 1 aromatic rings. The van der Waals surface area contributed by atoms with Crippen molar-refractivity contribution in [3.8, 4) is 0 Å². The number of nitrogens with one attached hydrogen (secondary N) is 1. The van der Waals surface area contributed by atoms with E-state index in [1.165, 1.54) is 16.4 Å². The van der Waals surface area contributed by atoms with Crippen molar-refractivity contribution in [1.29, 1.82) is 0 Å². The van der Waals surface area contributed by atoms with Crippen LogP contribution in [0.15, 0.2) is 52.4 Å². The number of nitrogens with zero attached hydrogens (tertiary/aromatic N) is 2. The fraction of sp³-hybridized carbons (Fsp3) is 0.657. The molecule has 5 aliphatic heterocycles. The summed E-state index contributed by atoms with van der Waals surface area (Å²) in [6.45, 7) is 3.25. The molecule has 3 aliphatic carbocycles. The number of sulfonamides is 1. The van der Waals surface area contributed by atoms with Gasteiger partial charge in [-0.15, -0.1) is 0 Å². The molecule has 7 unspecified atom stereocenters. The predicted molar refractivity (Wildman–Crippen MR) is 180 cm³/mol. The van der Waals surface area contributed by atoms with Crippen molar-refractivity contribution in [2.75, 3.05) is 32.9 Å². The third-order valence-electron chi connectivity index (χ3n) is 10.9. The highest BCUT2D eigenvalue weighted by Crippen LogP contribution is 2.47. The van der Waals surface area contributed by atoms with E-state index in [-0.39, 0.29) is 65.5 Å². The number of fused-ring (bicyclic) bond motifs is 3. The average molecular weight is 718 g/mol. The van der Waals surface area contributed by atoms with E-state index < -0.39 is 46.2 Å². The summed E-state index contributed by atoms with van der Waals surface area (Å²) in [4.78, 5) is 18.6. The van der Waals surface area contributed by atoms with Crippen LogP contribution in [-0.4, -0.2) is 104 Å². The Hall–Kier alpha value is -2.33. The molecule has 5 heterocycles. The first-order valence-corrected chi connectivity index (χ1v) is 19.7. The molecule has 6 fully saturated rings. The van der Waals surface area contributed by atoms with E-state index in [1.807, 2.05) is 6.08 Å². The number of esters is 1. The largest absolute Gasteiger partial charge is 0.461 e. The lowest BCUT2D eigenvalue weighted by atomic mass is 9.87. The molecule has 0 amide bonds. The van der Waals surface area contributed by atoms with Crippen LogP contribution in [-0.2, 0) is 40.2 Å². The number of thioether (sulfide) groups is 1. The highest BCUT2D eigenvalue weighted by atomic mass is 32.2. The van der Waals surface area contributed by atoms with Crippen molar-refractivity contribution in [2.45, 2.75) is 87.4 Å². The number of hydrogen-bond acceptors (Lipinski definition) is 11. The molecular weight excluding hydrogens is 674 g/mol. The van der Waals surface area contributed by atoms with E-state index in [0.717, 1.165) is 36.4 Å². The summed E-state index contributed by atoms with van der Waals surface area (Å²) < 4.78 is 67.4. The van der Waals surface area contributed by atoms with Crippen LogP contribution in [0.1, 0.15) is 44.6 Å². The lowest BCUT2D eigenvalue weighted by molar-refractivity contribution is -0.170. The van der Waals surface area contributed by atoms with Gasteiger partial charge in [0.1, 0.15) is 18.0 Å². The number of hydrogen-bond donors (Lipinski definition) is 2. The van der Waals surface area contributed by atoms with Gasteiger partial charge < -0.3 is 29.4 Å². The first kappa shape index (κ1) is 33.8. The average Bonchev–Trinajstić information content (AvgIpc) is 3.97. The first-order chi connectivity index (χ1) is 23.5. The molecule has 4 bridgehead atoms. The van der Waals surface area contributed by atoms with Gasteiger partial charge in [-0.1, -0.05) is 36.9 Å². The SMILES string of the molecule is CC1(CN(C[C@@H](O)[C@@H](CC(=O)OC2C3COC4OCC2C4OC3)Cc2ccc(F)cc2)S(=O)(=O)C2=CC3SC(NC4CC4)=NC3C=C2)CC1. The maximum Gasteiger partial charge on any atom is 0.306 e.